The molecule has 0 radical (unpaired) electrons. The van der Waals surface area contributed by atoms with Gasteiger partial charge in [0.2, 0.25) is 6.79 Å². The quantitative estimate of drug-likeness (QED) is 0.431. The first-order valence-electron chi connectivity index (χ1n) is 8.75. The van der Waals surface area contributed by atoms with Crippen LogP contribution in [0.15, 0.2) is 35.7 Å². The fourth-order valence-corrected chi connectivity index (χ4v) is 3.77. The molecule has 1 aromatic heterocycles. The molecule has 2 heterocycles. The Balaban J connectivity index is 1.66. The highest BCUT2D eigenvalue weighted by molar-refractivity contribution is 7.10. The zero-order chi connectivity index (χ0) is 20.1. The summed E-state index contributed by atoms with van der Waals surface area (Å²) in [5, 5.41) is 12.3. The molecular weight excluding hydrogens is 383 g/mol. The lowest BCUT2D eigenvalue weighted by atomic mass is 9.64. The number of esters is 2. The minimum Gasteiger partial charge on any atom is -0.535 e. The average Bonchev–Trinajstić information content (AvgIpc) is 3.14. The summed E-state index contributed by atoms with van der Waals surface area (Å²) in [5.74, 6) is -1.44. The summed E-state index contributed by atoms with van der Waals surface area (Å²) in [5.41, 5.74) is 0.841. The van der Waals surface area contributed by atoms with Crippen LogP contribution in [0.5, 0.6) is 5.75 Å². The molecule has 0 bridgehead atoms. The number of thiophene rings is 1. The Bertz CT molecular complexity index is 865. The van der Waals surface area contributed by atoms with Gasteiger partial charge in [0.15, 0.2) is 0 Å². The van der Waals surface area contributed by atoms with E-state index in [0.717, 1.165) is 4.88 Å². The lowest BCUT2D eigenvalue weighted by molar-refractivity contribution is -0.149. The van der Waals surface area contributed by atoms with E-state index in [-0.39, 0.29) is 23.5 Å². The van der Waals surface area contributed by atoms with Gasteiger partial charge in [0.05, 0.1) is 0 Å². The molecule has 1 atom stereocenters. The SMILES string of the molecule is CC(=O)OCOC(=O)c1cccc2c1OB(O)[C@@H](CC(=O)Cc1cccs1)C2. The zero-order valence-electron chi connectivity index (χ0n) is 15.3. The van der Waals surface area contributed by atoms with E-state index in [1.165, 1.54) is 24.3 Å². The number of ether oxygens (including phenoxy) is 2. The number of carbonyl (C=O) groups excluding carboxylic acids is 3. The second-order valence-electron chi connectivity index (χ2n) is 6.45. The van der Waals surface area contributed by atoms with E-state index < -0.39 is 31.7 Å². The molecular formula is C19H19BO7S. The predicted molar refractivity (Wildman–Crippen MR) is 102 cm³/mol. The van der Waals surface area contributed by atoms with Crippen molar-refractivity contribution >= 4 is 36.2 Å². The van der Waals surface area contributed by atoms with Crippen molar-refractivity contribution in [2.75, 3.05) is 6.79 Å². The Morgan fingerprint density at radius 2 is 2.07 bits per heavy atom. The molecule has 3 rings (SSSR count). The van der Waals surface area contributed by atoms with Crippen LogP contribution in [0.2, 0.25) is 5.82 Å². The van der Waals surface area contributed by atoms with Crippen LogP contribution in [-0.2, 0) is 31.9 Å². The van der Waals surface area contributed by atoms with Crippen molar-refractivity contribution in [3.8, 4) is 5.75 Å². The highest BCUT2D eigenvalue weighted by atomic mass is 32.1. The predicted octanol–water partition coefficient (Wildman–Crippen LogP) is 2.41. The van der Waals surface area contributed by atoms with Crippen LogP contribution >= 0.6 is 11.3 Å². The number of rotatable bonds is 7. The van der Waals surface area contributed by atoms with E-state index >= 15 is 0 Å². The van der Waals surface area contributed by atoms with E-state index in [1.807, 2.05) is 17.5 Å². The molecule has 1 aliphatic rings. The van der Waals surface area contributed by atoms with Gasteiger partial charge in [-0.05, 0) is 29.5 Å². The number of Topliss-reactive ketones (excluding diaryl/α,β-unsaturated/α-hetero) is 1. The van der Waals surface area contributed by atoms with Crippen LogP contribution in [0, 0.1) is 0 Å². The highest BCUT2D eigenvalue weighted by Crippen LogP contribution is 2.36. The van der Waals surface area contributed by atoms with Crippen molar-refractivity contribution in [3.63, 3.8) is 0 Å². The lowest BCUT2D eigenvalue weighted by Gasteiger charge is -2.28. The minimum absolute atomic E-state index is 0.0236. The maximum absolute atomic E-state index is 12.3. The second-order valence-corrected chi connectivity index (χ2v) is 7.48. The van der Waals surface area contributed by atoms with Crippen molar-refractivity contribution in [1.29, 1.82) is 0 Å². The van der Waals surface area contributed by atoms with E-state index in [1.54, 1.807) is 12.1 Å². The van der Waals surface area contributed by atoms with Gasteiger partial charge in [-0.2, -0.15) is 0 Å². The van der Waals surface area contributed by atoms with Gasteiger partial charge in [-0.15, -0.1) is 11.3 Å². The molecule has 1 N–H and O–H groups in total. The molecule has 0 fully saturated rings. The Morgan fingerprint density at radius 1 is 1.25 bits per heavy atom. The molecule has 0 aliphatic carbocycles. The van der Waals surface area contributed by atoms with Gasteiger partial charge in [0, 0.05) is 30.5 Å². The van der Waals surface area contributed by atoms with Crippen LogP contribution in [0.3, 0.4) is 0 Å². The maximum atomic E-state index is 12.3. The van der Waals surface area contributed by atoms with Gasteiger partial charge in [-0.3, -0.25) is 9.59 Å². The molecule has 0 saturated heterocycles. The molecule has 9 heteroatoms. The van der Waals surface area contributed by atoms with Gasteiger partial charge in [0.1, 0.15) is 17.1 Å². The molecule has 2 aromatic rings. The number of ketones is 1. The fraction of sp³-hybridized carbons (Fsp3) is 0.316. The van der Waals surface area contributed by atoms with Gasteiger partial charge in [-0.1, -0.05) is 18.2 Å². The summed E-state index contributed by atoms with van der Waals surface area (Å²) in [6.07, 6.45) is 0.910. The number of para-hydroxylation sites is 1. The molecule has 7 nitrogen and oxygen atoms in total. The van der Waals surface area contributed by atoms with E-state index in [2.05, 4.69) is 4.74 Å². The first-order chi connectivity index (χ1) is 13.4. The monoisotopic (exact) mass is 402 g/mol. The summed E-state index contributed by atoms with van der Waals surface area (Å²) in [6.45, 7) is 0.706. The van der Waals surface area contributed by atoms with Crippen LogP contribution < -0.4 is 4.65 Å². The van der Waals surface area contributed by atoms with Crippen LogP contribution in [-0.4, -0.2) is 36.7 Å². The number of fused-ring (bicyclic) bond motifs is 1. The smallest absolute Gasteiger partial charge is 0.526 e. The van der Waals surface area contributed by atoms with Crippen LogP contribution in [0.4, 0.5) is 0 Å². The van der Waals surface area contributed by atoms with Crippen LogP contribution in [0.1, 0.15) is 34.1 Å². The summed E-state index contributed by atoms with van der Waals surface area (Å²) < 4.78 is 15.0. The first kappa shape index (κ1) is 20.1. The molecule has 146 valence electrons. The molecule has 1 aliphatic heterocycles. The molecule has 28 heavy (non-hydrogen) atoms. The van der Waals surface area contributed by atoms with E-state index in [9.17, 15) is 19.4 Å². The summed E-state index contributed by atoms with van der Waals surface area (Å²) in [6, 6.07) is 8.75. The normalized spacial score (nSPS) is 15.4. The van der Waals surface area contributed by atoms with Crippen molar-refractivity contribution < 1.29 is 33.5 Å². The third-order valence-corrected chi connectivity index (χ3v) is 5.21. The topological polar surface area (TPSA) is 99.1 Å². The Kier molecular flexibility index (Phi) is 6.48. The van der Waals surface area contributed by atoms with Crippen LogP contribution in [0.25, 0.3) is 0 Å². The van der Waals surface area contributed by atoms with Gasteiger partial charge >= 0.3 is 19.1 Å². The number of hydrogen-bond donors (Lipinski definition) is 1. The summed E-state index contributed by atoms with van der Waals surface area (Å²) in [4.78, 5) is 36.3. The summed E-state index contributed by atoms with van der Waals surface area (Å²) >= 11 is 1.52. The molecule has 0 spiro atoms. The lowest BCUT2D eigenvalue weighted by Crippen LogP contribution is -2.36. The third kappa shape index (κ3) is 4.99. The highest BCUT2D eigenvalue weighted by Gasteiger charge is 2.37. The number of benzene rings is 1. The van der Waals surface area contributed by atoms with Gasteiger partial charge in [0.25, 0.3) is 0 Å². The largest absolute Gasteiger partial charge is 0.535 e. The first-order valence-corrected chi connectivity index (χ1v) is 9.63. The zero-order valence-corrected chi connectivity index (χ0v) is 16.1. The standard InChI is InChI=1S/C19H19BO7S/c1-12(21)25-11-26-19(23)17-6-2-4-13-8-14(20(24)27-18(13)17)9-15(22)10-16-5-3-7-28-16/h2-7,14,24H,8-11H2,1H3/t14-/m1/s1. The van der Waals surface area contributed by atoms with E-state index in [4.69, 9.17) is 9.39 Å². The Hall–Kier alpha value is -2.65. The summed E-state index contributed by atoms with van der Waals surface area (Å²) in [7, 11) is -1.21. The second kappa shape index (κ2) is 9.03. The number of hydrogen-bond acceptors (Lipinski definition) is 8. The van der Waals surface area contributed by atoms with Crippen molar-refractivity contribution in [2.24, 2.45) is 0 Å². The van der Waals surface area contributed by atoms with Gasteiger partial charge < -0.3 is 19.2 Å². The van der Waals surface area contributed by atoms with Crippen molar-refractivity contribution in [3.05, 3.63) is 51.7 Å². The van der Waals surface area contributed by atoms with E-state index in [0.29, 0.717) is 18.4 Å². The Labute approximate surface area is 166 Å². The average molecular weight is 402 g/mol. The minimum atomic E-state index is -1.21. The van der Waals surface area contributed by atoms with Gasteiger partial charge in [-0.25, -0.2) is 4.79 Å². The molecule has 0 amide bonds. The number of carbonyl (C=O) groups is 3. The fourth-order valence-electron chi connectivity index (χ4n) is 3.03. The molecule has 0 saturated carbocycles. The third-order valence-electron chi connectivity index (χ3n) is 4.33. The molecule has 0 unspecified atom stereocenters. The molecule has 1 aromatic carbocycles. The van der Waals surface area contributed by atoms with Crippen molar-refractivity contribution in [1.82, 2.24) is 0 Å². The van der Waals surface area contributed by atoms with Crippen molar-refractivity contribution in [2.45, 2.75) is 32.0 Å². The maximum Gasteiger partial charge on any atom is 0.526 e. The Morgan fingerprint density at radius 3 is 2.79 bits per heavy atom.